The fourth-order valence-electron chi connectivity index (χ4n) is 1.67. The summed E-state index contributed by atoms with van der Waals surface area (Å²) in [5, 5.41) is 12.6. The van der Waals surface area contributed by atoms with E-state index in [4.69, 9.17) is 22.6 Å². The van der Waals surface area contributed by atoms with Crippen LogP contribution in [0.15, 0.2) is 40.9 Å². The molecule has 0 aromatic heterocycles. The van der Waals surface area contributed by atoms with Crippen LogP contribution in [0.4, 0.5) is 17.1 Å². The number of nitriles is 1. The summed E-state index contributed by atoms with van der Waals surface area (Å²) < 4.78 is 0.922. The largest absolute Gasteiger partial charge is 0.398 e. The molecule has 0 aliphatic heterocycles. The van der Waals surface area contributed by atoms with Gasteiger partial charge >= 0.3 is 0 Å². The van der Waals surface area contributed by atoms with E-state index < -0.39 is 0 Å². The maximum absolute atomic E-state index is 8.75. The summed E-state index contributed by atoms with van der Waals surface area (Å²) >= 11 is 9.50. The van der Waals surface area contributed by atoms with Crippen LogP contribution in [0, 0.1) is 11.3 Å². The second kappa shape index (κ2) is 5.96. The van der Waals surface area contributed by atoms with Gasteiger partial charge in [0.05, 0.1) is 23.2 Å². The van der Waals surface area contributed by atoms with Crippen LogP contribution in [0.25, 0.3) is 0 Å². The third-order valence-electron chi connectivity index (χ3n) is 2.62. The molecule has 0 spiro atoms. The maximum atomic E-state index is 8.75. The number of hydrogen-bond acceptors (Lipinski definition) is 3. The van der Waals surface area contributed by atoms with Crippen LogP contribution < -0.4 is 11.1 Å². The summed E-state index contributed by atoms with van der Waals surface area (Å²) in [5.74, 6) is 0. The predicted octanol–water partition coefficient (Wildman–Crippen LogP) is 4.49. The van der Waals surface area contributed by atoms with E-state index in [1.165, 1.54) is 0 Å². The van der Waals surface area contributed by atoms with Crippen molar-refractivity contribution in [1.82, 2.24) is 0 Å². The number of nitrogens with zero attached hydrogens (tertiary/aromatic N) is 1. The predicted molar refractivity (Wildman–Crippen MR) is 82.6 cm³/mol. The summed E-state index contributed by atoms with van der Waals surface area (Å²) in [7, 11) is 0. The molecule has 2 aromatic carbocycles. The van der Waals surface area contributed by atoms with Gasteiger partial charge in [-0.25, -0.2) is 0 Å². The van der Waals surface area contributed by atoms with Crippen molar-refractivity contribution in [3.05, 3.63) is 51.5 Å². The SMILES string of the molecule is N#CCc1cc(Nc2ccc(Br)cc2Cl)ccc1N. The highest BCUT2D eigenvalue weighted by Gasteiger charge is 2.04. The van der Waals surface area contributed by atoms with E-state index in [-0.39, 0.29) is 6.42 Å². The standard InChI is InChI=1S/C14H11BrClN3/c15-10-1-4-14(12(16)8-10)19-11-2-3-13(18)9(7-11)5-6-17/h1-4,7-8,19H,5,18H2. The highest BCUT2D eigenvalue weighted by molar-refractivity contribution is 9.10. The lowest BCUT2D eigenvalue weighted by Crippen LogP contribution is -1.97. The van der Waals surface area contributed by atoms with Crippen molar-refractivity contribution >= 4 is 44.6 Å². The Kier molecular flexibility index (Phi) is 4.31. The van der Waals surface area contributed by atoms with Crippen molar-refractivity contribution in [2.24, 2.45) is 0 Å². The quantitative estimate of drug-likeness (QED) is 0.812. The molecule has 0 aliphatic carbocycles. The second-order valence-electron chi connectivity index (χ2n) is 4.00. The molecule has 0 bridgehead atoms. The van der Waals surface area contributed by atoms with Crippen LogP contribution in [-0.4, -0.2) is 0 Å². The number of nitrogens with one attached hydrogen (secondary N) is 1. The van der Waals surface area contributed by atoms with Crippen molar-refractivity contribution in [2.75, 3.05) is 11.1 Å². The third kappa shape index (κ3) is 3.40. The number of halogens is 2. The van der Waals surface area contributed by atoms with Gasteiger partial charge in [0.2, 0.25) is 0 Å². The van der Waals surface area contributed by atoms with E-state index in [0.29, 0.717) is 10.7 Å². The normalized spacial score (nSPS) is 9.95. The van der Waals surface area contributed by atoms with Crippen molar-refractivity contribution in [3.63, 3.8) is 0 Å². The Morgan fingerprint density at radius 3 is 2.74 bits per heavy atom. The molecule has 0 saturated heterocycles. The Morgan fingerprint density at radius 2 is 2.05 bits per heavy atom. The molecule has 3 N–H and O–H groups in total. The molecule has 0 unspecified atom stereocenters. The van der Waals surface area contributed by atoms with E-state index in [0.717, 1.165) is 21.4 Å². The Bertz CT molecular complexity index is 650. The highest BCUT2D eigenvalue weighted by Crippen LogP contribution is 2.29. The molecule has 3 nitrogen and oxygen atoms in total. The first-order chi connectivity index (χ1) is 9.10. The van der Waals surface area contributed by atoms with Gasteiger partial charge in [-0.3, -0.25) is 0 Å². The lowest BCUT2D eigenvalue weighted by molar-refractivity contribution is 1.27. The number of nitrogen functional groups attached to an aromatic ring is 1. The zero-order valence-corrected chi connectivity index (χ0v) is 12.3. The van der Waals surface area contributed by atoms with E-state index in [2.05, 4.69) is 27.3 Å². The molecular formula is C14H11BrClN3. The Labute approximate surface area is 125 Å². The molecule has 0 saturated carbocycles. The first-order valence-corrected chi connectivity index (χ1v) is 6.74. The van der Waals surface area contributed by atoms with Gasteiger partial charge in [0.15, 0.2) is 0 Å². The zero-order valence-electron chi connectivity index (χ0n) is 9.95. The number of rotatable bonds is 3. The minimum Gasteiger partial charge on any atom is -0.398 e. The van der Waals surface area contributed by atoms with Gasteiger partial charge < -0.3 is 11.1 Å². The summed E-state index contributed by atoms with van der Waals surface area (Å²) in [4.78, 5) is 0. The number of benzene rings is 2. The molecule has 0 amide bonds. The van der Waals surface area contributed by atoms with Crippen molar-refractivity contribution in [2.45, 2.75) is 6.42 Å². The minimum atomic E-state index is 0.287. The van der Waals surface area contributed by atoms with Crippen LogP contribution in [0.3, 0.4) is 0 Å². The van der Waals surface area contributed by atoms with Gasteiger partial charge in [-0.2, -0.15) is 5.26 Å². The summed E-state index contributed by atoms with van der Waals surface area (Å²) in [6, 6.07) is 13.2. The zero-order chi connectivity index (χ0) is 13.8. The van der Waals surface area contributed by atoms with Crippen LogP contribution in [0.2, 0.25) is 5.02 Å². The van der Waals surface area contributed by atoms with Crippen LogP contribution in [0.1, 0.15) is 5.56 Å². The Hall–Kier alpha value is -1.70. The van der Waals surface area contributed by atoms with Gasteiger partial charge in [-0.1, -0.05) is 27.5 Å². The monoisotopic (exact) mass is 335 g/mol. The van der Waals surface area contributed by atoms with E-state index in [1.54, 1.807) is 6.07 Å². The molecule has 2 rings (SSSR count). The highest BCUT2D eigenvalue weighted by atomic mass is 79.9. The minimum absolute atomic E-state index is 0.287. The van der Waals surface area contributed by atoms with Crippen molar-refractivity contribution in [1.29, 1.82) is 5.26 Å². The van der Waals surface area contributed by atoms with Gasteiger partial charge in [0.1, 0.15) is 0 Å². The van der Waals surface area contributed by atoms with Gasteiger partial charge in [0, 0.05) is 15.8 Å². The lowest BCUT2D eigenvalue weighted by Gasteiger charge is -2.11. The molecular weight excluding hydrogens is 326 g/mol. The van der Waals surface area contributed by atoms with E-state index >= 15 is 0 Å². The van der Waals surface area contributed by atoms with Crippen molar-refractivity contribution in [3.8, 4) is 6.07 Å². The first kappa shape index (κ1) is 13.7. The Morgan fingerprint density at radius 1 is 1.26 bits per heavy atom. The van der Waals surface area contributed by atoms with Gasteiger partial charge in [-0.05, 0) is 42.0 Å². The number of anilines is 3. The molecule has 0 heterocycles. The van der Waals surface area contributed by atoms with Crippen LogP contribution in [-0.2, 0) is 6.42 Å². The van der Waals surface area contributed by atoms with Crippen molar-refractivity contribution < 1.29 is 0 Å². The molecule has 0 aliphatic rings. The topological polar surface area (TPSA) is 61.8 Å². The summed E-state index contributed by atoms with van der Waals surface area (Å²) in [6.07, 6.45) is 0.287. The average molecular weight is 337 g/mol. The van der Waals surface area contributed by atoms with E-state index in [9.17, 15) is 0 Å². The summed E-state index contributed by atoms with van der Waals surface area (Å²) in [5.41, 5.74) is 8.89. The number of hydrogen-bond donors (Lipinski definition) is 2. The average Bonchev–Trinajstić information content (AvgIpc) is 2.37. The molecule has 0 radical (unpaired) electrons. The van der Waals surface area contributed by atoms with Crippen LogP contribution >= 0.6 is 27.5 Å². The maximum Gasteiger partial charge on any atom is 0.0670 e. The van der Waals surface area contributed by atoms with Crippen LogP contribution in [0.5, 0.6) is 0 Å². The summed E-state index contributed by atoms with van der Waals surface area (Å²) in [6.45, 7) is 0. The fourth-order valence-corrected chi connectivity index (χ4v) is 2.39. The Balaban J connectivity index is 2.28. The van der Waals surface area contributed by atoms with E-state index in [1.807, 2.05) is 30.3 Å². The molecule has 0 fully saturated rings. The molecule has 2 aromatic rings. The fraction of sp³-hybridized carbons (Fsp3) is 0.0714. The molecule has 0 atom stereocenters. The van der Waals surface area contributed by atoms with Gasteiger partial charge in [-0.15, -0.1) is 0 Å². The number of nitrogens with two attached hydrogens (primary N) is 1. The molecule has 19 heavy (non-hydrogen) atoms. The first-order valence-electron chi connectivity index (χ1n) is 5.57. The second-order valence-corrected chi connectivity index (χ2v) is 5.32. The molecule has 96 valence electrons. The molecule has 5 heteroatoms. The lowest BCUT2D eigenvalue weighted by atomic mass is 10.1. The van der Waals surface area contributed by atoms with Gasteiger partial charge in [0.25, 0.3) is 0 Å². The smallest absolute Gasteiger partial charge is 0.0670 e. The third-order valence-corrected chi connectivity index (χ3v) is 3.43.